The Morgan fingerprint density at radius 3 is 2.65 bits per heavy atom. The van der Waals surface area contributed by atoms with Crippen molar-refractivity contribution >= 4 is 17.6 Å². The molecule has 0 radical (unpaired) electrons. The fourth-order valence-corrected chi connectivity index (χ4v) is 5.52. The number of aromatic hydroxyl groups is 1. The number of phenolic OH excluding ortho intramolecular Hbond substituents is 1. The number of nitrogens with zero attached hydrogens (tertiary/aromatic N) is 4. The molecule has 3 aliphatic heterocycles. The van der Waals surface area contributed by atoms with Crippen molar-refractivity contribution in [2.45, 2.75) is 24.8 Å². The van der Waals surface area contributed by atoms with Crippen molar-refractivity contribution in [2.75, 3.05) is 57.4 Å². The van der Waals surface area contributed by atoms with Crippen LogP contribution < -0.4 is 9.64 Å². The van der Waals surface area contributed by atoms with Gasteiger partial charge in [-0.15, -0.1) is 0 Å². The summed E-state index contributed by atoms with van der Waals surface area (Å²) >= 11 is 0. The van der Waals surface area contributed by atoms with Gasteiger partial charge in [0.15, 0.2) is 0 Å². The number of piperazine rings is 1. The number of benzene rings is 1. The molecule has 1 aliphatic carbocycles. The minimum Gasteiger partial charge on any atom is -0.507 e. The lowest BCUT2D eigenvalue weighted by atomic mass is 9.96. The molecule has 0 spiro atoms. The number of hydrogen-bond acceptors (Lipinski definition) is 7. The molecule has 0 bridgehead atoms. The largest absolute Gasteiger partial charge is 0.507 e. The molecule has 1 aromatic heterocycles. The van der Waals surface area contributed by atoms with Crippen LogP contribution in [0.4, 0.5) is 10.2 Å². The van der Waals surface area contributed by atoms with E-state index in [4.69, 9.17) is 14.5 Å². The Morgan fingerprint density at radius 1 is 1.16 bits per heavy atom. The number of amides is 2. The smallest absolute Gasteiger partial charge is 0.261 e. The zero-order valence-corrected chi connectivity index (χ0v) is 20.5. The number of carbonyl (C=O) groups is 2. The van der Waals surface area contributed by atoms with Crippen LogP contribution in [0.3, 0.4) is 0 Å². The normalized spacial score (nSPS) is 21.6. The van der Waals surface area contributed by atoms with Crippen LogP contribution in [-0.2, 0) is 9.53 Å². The first-order valence-electron chi connectivity index (χ1n) is 12.7. The molecule has 1 aromatic carbocycles. The lowest BCUT2D eigenvalue weighted by Gasteiger charge is -2.39. The zero-order chi connectivity index (χ0) is 25.7. The van der Waals surface area contributed by atoms with Gasteiger partial charge in [0.25, 0.3) is 5.91 Å². The van der Waals surface area contributed by atoms with E-state index in [0.717, 1.165) is 12.8 Å². The highest BCUT2D eigenvalue weighted by atomic mass is 19.1. The molecule has 194 valence electrons. The van der Waals surface area contributed by atoms with Crippen molar-refractivity contribution in [1.82, 2.24) is 14.8 Å². The average molecular weight is 509 g/mol. The Bertz CT molecular complexity index is 1250. The molecule has 1 saturated carbocycles. The van der Waals surface area contributed by atoms with E-state index in [-0.39, 0.29) is 41.7 Å². The fraction of sp³-hybridized carbons (Fsp3) is 0.444. The Balaban J connectivity index is 1.53. The number of anilines is 1. The fourth-order valence-electron chi connectivity index (χ4n) is 5.52. The molecule has 1 atom stereocenters. The van der Waals surface area contributed by atoms with Gasteiger partial charge in [0.2, 0.25) is 5.91 Å². The summed E-state index contributed by atoms with van der Waals surface area (Å²) in [5, 5.41) is 10.7. The van der Waals surface area contributed by atoms with Crippen LogP contribution in [-0.4, -0.2) is 90.3 Å². The Labute approximate surface area is 214 Å². The first kappa shape index (κ1) is 23.7. The molecule has 1 N–H and O–H groups in total. The van der Waals surface area contributed by atoms with E-state index in [1.54, 1.807) is 9.80 Å². The lowest BCUT2D eigenvalue weighted by molar-refractivity contribution is -0.128. The summed E-state index contributed by atoms with van der Waals surface area (Å²) in [6, 6.07) is 3.85. The predicted molar refractivity (Wildman–Crippen MR) is 133 cm³/mol. The van der Waals surface area contributed by atoms with E-state index < -0.39 is 5.82 Å². The third kappa shape index (κ3) is 4.09. The van der Waals surface area contributed by atoms with E-state index in [0.29, 0.717) is 74.3 Å². The van der Waals surface area contributed by atoms with Crippen LogP contribution in [0.15, 0.2) is 30.9 Å². The molecule has 4 heterocycles. The molecule has 0 unspecified atom stereocenters. The molecule has 9 nitrogen and oxygen atoms in total. The third-order valence-corrected chi connectivity index (χ3v) is 7.56. The van der Waals surface area contributed by atoms with Crippen molar-refractivity contribution in [1.29, 1.82) is 0 Å². The molecule has 2 saturated heterocycles. The molecular weight excluding hydrogens is 479 g/mol. The molecule has 2 aromatic rings. The van der Waals surface area contributed by atoms with Crippen molar-refractivity contribution in [2.24, 2.45) is 0 Å². The van der Waals surface area contributed by atoms with E-state index in [1.807, 2.05) is 4.90 Å². The van der Waals surface area contributed by atoms with Gasteiger partial charge in [-0.3, -0.25) is 9.59 Å². The van der Waals surface area contributed by atoms with Crippen LogP contribution in [0.25, 0.3) is 11.3 Å². The van der Waals surface area contributed by atoms with Crippen LogP contribution in [0, 0.1) is 5.82 Å². The van der Waals surface area contributed by atoms with Crippen LogP contribution in [0.5, 0.6) is 11.5 Å². The highest BCUT2D eigenvalue weighted by molar-refractivity contribution is 6.04. The molecular formula is C27H29FN4O5. The van der Waals surface area contributed by atoms with E-state index >= 15 is 4.39 Å². The second-order valence-electron chi connectivity index (χ2n) is 9.86. The van der Waals surface area contributed by atoms with Crippen molar-refractivity contribution in [3.8, 4) is 22.8 Å². The standard InChI is InChI=1S/C27H29FN4O5/c1-2-20(34)31-8-9-32-17(14-31)15-37-25-21(16-6-7-16)24(22-18(28)4-3-5-19(22)33)29-26(23(25)27(32)35)30-10-12-36-13-11-30/h2-5,16-17,33H,1,6-15H2/t17-/m1/s1. The number of morpholine rings is 1. The Kier molecular flexibility index (Phi) is 5.98. The summed E-state index contributed by atoms with van der Waals surface area (Å²) < 4.78 is 27.1. The number of hydrogen-bond donors (Lipinski definition) is 1. The monoisotopic (exact) mass is 508 g/mol. The third-order valence-electron chi connectivity index (χ3n) is 7.56. The van der Waals surface area contributed by atoms with Crippen molar-refractivity contribution in [3.63, 3.8) is 0 Å². The quantitative estimate of drug-likeness (QED) is 0.635. The molecule has 10 heteroatoms. The van der Waals surface area contributed by atoms with Gasteiger partial charge in [-0.1, -0.05) is 12.6 Å². The lowest BCUT2D eigenvalue weighted by Crippen LogP contribution is -2.57. The summed E-state index contributed by atoms with van der Waals surface area (Å²) in [5.74, 6) is -0.302. The van der Waals surface area contributed by atoms with Gasteiger partial charge in [0.1, 0.15) is 35.3 Å². The molecule has 37 heavy (non-hydrogen) atoms. The SMILES string of the molecule is C=CC(=O)N1CCN2C(=O)c3c(N4CCOCC4)nc(-c4c(O)cccc4F)c(C4CC4)c3OC[C@H]2C1. The maximum Gasteiger partial charge on any atom is 0.261 e. The summed E-state index contributed by atoms with van der Waals surface area (Å²) in [7, 11) is 0. The van der Waals surface area contributed by atoms with Gasteiger partial charge in [0.05, 0.1) is 30.5 Å². The summed E-state index contributed by atoms with van der Waals surface area (Å²) in [6.45, 7) is 6.86. The first-order valence-corrected chi connectivity index (χ1v) is 12.7. The van der Waals surface area contributed by atoms with E-state index in [1.165, 1.54) is 24.3 Å². The second kappa shape index (κ2) is 9.33. The van der Waals surface area contributed by atoms with Gasteiger partial charge in [-0.2, -0.15) is 0 Å². The first-order chi connectivity index (χ1) is 18.0. The molecule has 3 fully saturated rings. The van der Waals surface area contributed by atoms with Crippen LogP contribution in [0.1, 0.15) is 34.7 Å². The second-order valence-corrected chi connectivity index (χ2v) is 9.86. The number of rotatable bonds is 4. The summed E-state index contributed by atoms with van der Waals surface area (Å²) in [5.41, 5.74) is 1.37. The van der Waals surface area contributed by atoms with Crippen molar-refractivity contribution < 1.29 is 28.6 Å². The number of phenols is 1. The number of ether oxygens (including phenoxy) is 2. The maximum absolute atomic E-state index is 15.2. The van der Waals surface area contributed by atoms with Gasteiger partial charge >= 0.3 is 0 Å². The minimum atomic E-state index is -0.585. The number of carbonyl (C=O) groups excluding carboxylic acids is 2. The minimum absolute atomic E-state index is 0.0162. The van der Waals surface area contributed by atoms with Gasteiger partial charge in [-0.25, -0.2) is 9.37 Å². The van der Waals surface area contributed by atoms with Gasteiger partial charge < -0.3 is 29.3 Å². The number of fused-ring (bicyclic) bond motifs is 2. The van der Waals surface area contributed by atoms with Crippen LogP contribution in [0.2, 0.25) is 0 Å². The van der Waals surface area contributed by atoms with Crippen LogP contribution >= 0.6 is 0 Å². The van der Waals surface area contributed by atoms with E-state index in [2.05, 4.69) is 6.58 Å². The number of pyridine rings is 1. The highest BCUT2D eigenvalue weighted by Crippen LogP contribution is 2.53. The van der Waals surface area contributed by atoms with Crippen molar-refractivity contribution in [3.05, 3.63) is 47.8 Å². The zero-order valence-electron chi connectivity index (χ0n) is 20.5. The Morgan fingerprint density at radius 2 is 1.95 bits per heavy atom. The Hall–Kier alpha value is -3.66. The number of aromatic nitrogens is 1. The number of halogens is 1. The predicted octanol–water partition coefficient (Wildman–Crippen LogP) is 2.54. The topological polar surface area (TPSA) is 95.4 Å². The molecule has 2 amide bonds. The summed E-state index contributed by atoms with van der Waals surface area (Å²) in [4.78, 5) is 36.8. The van der Waals surface area contributed by atoms with Gasteiger partial charge in [0, 0.05) is 38.3 Å². The maximum atomic E-state index is 15.2. The molecule has 4 aliphatic rings. The highest BCUT2D eigenvalue weighted by Gasteiger charge is 2.43. The average Bonchev–Trinajstić information content (AvgIpc) is 3.77. The summed E-state index contributed by atoms with van der Waals surface area (Å²) in [6.07, 6.45) is 3.00. The van der Waals surface area contributed by atoms with Gasteiger partial charge in [-0.05, 0) is 37.0 Å². The van der Waals surface area contributed by atoms with E-state index in [9.17, 15) is 14.7 Å². The molecule has 6 rings (SSSR count).